The normalized spacial score (nSPS) is 11.9. The van der Waals surface area contributed by atoms with Gasteiger partial charge in [0, 0.05) is 40.8 Å². The lowest BCUT2D eigenvalue weighted by molar-refractivity contribution is 0.590. The van der Waals surface area contributed by atoms with Crippen LogP contribution in [0.15, 0.2) is 112 Å². The highest BCUT2D eigenvalue weighted by Gasteiger charge is 2.17. The molecule has 198 valence electrons. The van der Waals surface area contributed by atoms with Crippen LogP contribution in [0.3, 0.4) is 0 Å². The highest BCUT2D eigenvalue weighted by Crippen LogP contribution is 2.26. The number of nitrogens with zero attached hydrogens (tertiary/aromatic N) is 2. The van der Waals surface area contributed by atoms with Gasteiger partial charge in [0.05, 0.1) is 6.07 Å². The van der Waals surface area contributed by atoms with E-state index in [4.69, 9.17) is 0 Å². The third-order valence-corrected chi connectivity index (χ3v) is 7.80. The molecule has 1 heterocycles. The second kappa shape index (κ2) is 13.7. The molecule has 0 saturated carbocycles. The molecular weight excluding hydrogens is 507 g/mol. The maximum absolute atomic E-state index is 13.7. The summed E-state index contributed by atoms with van der Waals surface area (Å²) in [6, 6.07) is 22.7. The first kappa shape index (κ1) is 28.1. The Morgan fingerprint density at radius 1 is 0.923 bits per heavy atom. The molecule has 0 amide bonds. The van der Waals surface area contributed by atoms with Gasteiger partial charge in [0.2, 0.25) is 0 Å². The molecule has 4 aromatic rings. The van der Waals surface area contributed by atoms with Crippen LogP contribution in [0.1, 0.15) is 38.2 Å². The number of hydrogen-bond acceptors (Lipinski definition) is 3. The topological polar surface area (TPSA) is 68.8 Å². The first-order valence-electron chi connectivity index (χ1n) is 13.1. The van der Waals surface area contributed by atoms with Crippen LogP contribution in [0.25, 0.3) is 22.3 Å². The third-order valence-electron chi connectivity index (χ3n) is 6.42. The van der Waals surface area contributed by atoms with Gasteiger partial charge in [-0.1, -0.05) is 55.8 Å². The van der Waals surface area contributed by atoms with E-state index in [1.54, 1.807) is 47.3 Å². The van der Waals surface area contributed by atoms with Crippen LogP contribution < -0.4 is 5.43 Å². The van der Waals surface area contributed by atoms with E-state index in [1.165, 1.54) is 18.2 Å². The SMILES string of the molecule is CCCC=CCCCc1cccc(-c2cn(CC#N)cc(-c3ccc([S+]([O-])c4cccc(F)c4)cc3)c2=O)c1. The number of nitriles is 1. The fourth-order valence-corrected chi connectivity index (χ4v) is 5.49. The molecule has 0 N–H and O–H groups in total. The average Bonchev–Trinajstić information content (AvgIpc) is 2.96. The highest BCUT2D eigenvalue weighted by molar-refractivity contribution is 7.91. The molecule has 4 nitrogen and oxygen atoms in total. The number of pyridine rings is 1. The van der Waals surface area contributed by atoms with Crippen molar-refractivity contribution in [1.29, 1.82) is 5.26 Å². The van der Waals surface area contributed by atoms with E-state index in [0.717, 1.165) is 43.2 Å². The molecule has 0 radical (unpaired) electrons. The zero-order chi connectivity index (χ0) is 27.6. The van der Waals surface area contributed by atoms with Gasteiger partial charge in [0.15, 0.2) is 15.2 Å². The van der Waals surface area contributed by atoms with Crippen molar-refractivity contribution in [3.05, 3.63) is 119 Å². The Hall–Kier alpha value is -3.92. The molecule has 0 spiro atoms. The van der Waals surface area contributed by atoms with Gasteiger partial charge in [-0.2, -0.15) is 5.26 Å². The predicted molar refractivity (Wildman–Crippen MR) is 155 cm³/mol. The first-order chi connectivity index (χ1) is 19.0. The molecular formula is C33H31FN2O2S. The van der Waals surface area contributed by atoms with Crippen molar-refractivity contribution in [2.45, 2.75) is 55.4 Å². The maximum atomic E-state index is 13.7. The zero-order valence-corrected chi connectivity index (χ0v) is 22.8. The number of allylic oxidation sites excluding steroid dienone is 2. The van der Waals surface area contributed by atoms with Crippen LogP contribution in [0.2, 0.25) is 0 Å². The summed E-state index contributed by atoms with van der Waals surface area (Å²) in [5, 5.41) is 9.34. The fraction of sp³-hybridized carbons (Fsp3) is 0.212. The molecule has 1 aromatic heterocycles. The van der Waals surface area contributed by atoms with Crippen molar-refractivity contribution < 1.29 is 8.94 Å². The summed E-state index contributed by atoms with van der Waals surface area (Å²) in [4.78, 5) is 14.6. The number of aromatic nitrogens is 1. The summed E-state index contributed by atoms with van der Waals surface area (Å²) in [7, 11) is 0. The van der Waals surface area contributed by atoms with Gasteiger partial charge < -0.3 is 9.12 Å². The van der Waals surface area contributed by atoms with Crippen molar-refractivity contribution in [2.24, 2.45) is 0 Å². The molecule has 3 aromatic carbocycles. The Morgan fingerprint density at radius 2 is 1.64 bits per heavy atom. The molecule has 1 atom stereocenters. The summed E-state index contributed by atoms with van der Waals surface area (Å²) in [6.45, 7) is 2.27. The predicted octanol–water partition coefficient (Wildman–Crippen LogP) is 7.69. The number of unbranched alkanes of at least 4 members (excludes halogenated alkanes) is 2. The zero-order valence-electron chi connectivity index (χ0n) is 22.0. The Labute approximate surface area is 232 Å². The number of rotatable bonds is 11. The van der Waals surface area contributed by atoms with Gasteiger partial charge in [-0.05, 0) is 78.8 Å². The molecule has 0 aliphatic heterocycles. The van der Waals surface area contributed by atoms with Gasteiger partial charge in [0.1, 0.15) is 12.4 Å². The summed E-state index contributed by atoms with van der Waals surface area (Å²) >= 11 is -1.55. The van der Waals surface area contributed by atoms with Gasteiger partial charge >= 0.3 is 0 Å². The average molecular weight is 539 g/mol. The van der Waals surface area contributed by atoms with Crippen molar-refractivity contribution in [3.8, 4) is 28.3 Å². The summed E-state index contributed by atoms with van der Waals surface area (Å²) in [5.41, 5.74) is 3.48. The second-order valence-electron chi connectivity index (χ2n) is 9.35. The van der Waals surface area contributed by atoms with Crippen LogP contribution in [-0.2, 0) is 24.1 Å². The molecule has 0 fully saturated rings. The van der Waals surface area contributed by atoms with Gasteiger partial charge in [0.25, 0.3) is 0 Å². The lowest BCUT2D eigenvalue weighted by Gasteiger charge is -2.13. The van der Waals surface area contributed by atoms with E-state index in [2.05, 4.69) is 37.3 Å². The molecule has 6 heteroatoms. The molecule has 0 aliphatic rings. The summed E-state index contributed by atoms with van der Waals surface area (Å²) < 4.78 is 28.2. The van der Waals surface area contributed by atoms with Crippen molar-refractivity contribution >= 4 is 11.2 Å². The van der Waals surface area contributed by atoms with E-state index in [1.807, 2.05) is 12.1 Å². The molecule has 0 bridgehead atoms. The van der Waals surface area contributed by atoms with Crippen molar-refractivity contribution in [3.63, 3.8) is 0 Å². The number of aryl methyl sites for hydroxylation is 1. The lowest BCUT2D eigenvalue weighted by atomic mass is 9.98. The Bertz CT molecular complexity index is 1540. The minimum Gasteiger partial charge on any atom is -0.606 e. The molecule has 39 heavy (non-hydrogen) atoms. The number of hydrogen-bond donors (Lipinski definition) is 0. The molecule has 0 saturated heterocycles. The van der Waals surface area contributed by atoms with Crippen LogP contribution in [0.4, 0.5) is 4.39 Å². The largest absolute Gasteiger partial charge is 0.606 e. The van der Waals surface area contributed by atoms with Crippen LogP contribution in [0.5, 0.6) is 0 Å². The van der Waals surface area contributed by atoms with E-state index in [-0.39, 0.29) is 12.0 Å². The van der Waals surface area contributed by atoms with E-state index >= 15 is 0 Å². The smallest absolute Gasteiger partial charge is 0.197 e. The van der Waals surface area contributed by atoms with Gasteiger partial charge in [-0.3, -0.25) is 4.79 Å². The van der Waals surface area contributed by atoms with Crippen LogP contribution in [-0.4, -0.2) is 9.12 Å². The quantitative estimate of drug-likeness (QED) is 0.112. The molecule has 0 aliphatic carbocycles. The number of benzene rings is 3. The fourth-order valence-electron chi connectivity index (χ4n) is 4.41. The maximum Gasteiger partial charge on any atom is 0.197 e. The highest BCUT2D eigenvalue weighted by atomic mass is 32.2. The standard InChI is InChI=1S/C33H31FN2O2S/c1-2-3-4-5-6-7-10-25-11-8-12-27(21-25)32-24-36(20-19-35)23-31(33(32)37)26-15-17-29(18-16-26)39(38)30-14-9-13-28(34)22-30/h4-5,8-9,11-18,21-24H,2-3,6-7,10,20H2,1H3. The van der Waals surface area contributed by atoms with E-state index in [9.17, 15) is 19.0 Å². The van der Waals surface area contributed by atoms with Crippen molar-refractivity contribution in [2.75, 3.05) is 0 Å². The minimum atomic E-state index is -1.55. The lowest BCUT2D eigenvalue weighted by Crippen LogP contribution is -2.13. The van der Waals surface area contributed by atoms with Gasteiger partial charge in [-0.15, -0.1) is 0 Å². The summed E-state index contributed by atoms with van der Waals surface area (Å²) in [6.07, 6.45) is 13.1. The minimum absolute atomic E-state index is 0.103. The molecule has 1 unspecified atom stereocenters. The third kappa shape index (κ3) is 7.35. The monoisotopic (exact) mass is 538 g/mol. The Kier molecular flexibility index (Phi) is 9.91. The van der Waals surface area contributed by atoms with Crippen molar-refractivity contribution in [1.82, 2.24) is 4.57 Å². The number of halogens is 1. The van der Waals surface area contributed by atoms with Gasteiger partial charge in [-0.25, -0.2) is 4.39 Å². The van der Waals surface area contributed by atoms with Crippen LogP contribution >= 0.6 is 0 Å². The van der Waals surface area contributed by atoms with E-state index < -0.39 is 17.0 Å². The summed E-state index contributed by atoms with van der Waals surface area (Å²) in [5.74, 6) is -0.444. The van der Waals surface area contributed by atoms with Crippen LogP contribution in [0, 0.1) is 17.1 Å². The molecule has 4 rings (SSSR count). The Balaban J connectivity index is 1.62. The second-order valence-corrected chi connectivity index (χ2v) is 10.8. The Morgan fingerprint density at radius 3 is 2.36 bits per heavy atom. The first-order valence-corrected chi connectivity index (χ1v) is 14.3. The van der Waals surface area contributed by atoms with E-state index in [0.29, 0.717) is 26.5 Å².